The maximum absolute atomic E-state index is 13.4. The molecule has 1 aromatic rings. The first-order valence-electron chi connectivity index (χ1n) is 5.96. The van der Waals surface area contributed by atoms with Gasteiger partial charge in [-0.15, -0.1) is 0 Å². The second-order valence-corrected chi connectivity index (χ2v) is 4.42. The smallest absolute Gasteiger partial charge is 0.263 e. The zero-order valence-electron chi connectivity index (χ0n) is 10.2. The van der Waals surface area contributed by atoms with Crippen LogP contribution in [0.2, 0.25) is 0 Å². The maximum Gasteiger partial charge on any atom is 0.263 e. The number of hydrogen-bond acceptors (Lipinski definition) is 3. The summed E-state index contributed by atoms with van der Waals surface area (Å²) in [6.45, 7) is 2.42. The van der Waals surface area contributed by atoms with Gasteiger partial charge in [0, 0.05) is 13.1 Å². The highest BCUT2D eigenvalue weighted by molar-refractivity contribution is 5.81. The fourth-order valence-electron chi connectivity index (χ4n) is 1.98. The van der Waals surface area contributed by atoms with Crippen LogP contribution >= 0.6 is 0 Å². The Kier molecular flexibility index (Phi) is 3.81. The van der Waals surface area contributed by atoms with Crippen molar-refractivity contribution in [3.05, 3.63) is 30.1 Å². The predicted molar refractivity (Wildman–Crippen MR) is 63.7 cm³/mol. The minimum absolute atomic E-state index is 0.0677. The molecule has 1 aliphatic rings. The van der Waals surface area contributed by atoms with Crippen molar-refractivity contribution >= 4 is 5.91 Å². The molecule has 0 aromatic heterocycles. The quantitative estimate of drug-likeness (QED) is 0.880. The van der Waals surface area contributed by atoms with Crippen LogP contribution in [-0.2, 0) is 4.79 Å². The standard InChI is InChI=1S/C13H16FNO3/c1-9(13(17)15-7-6-10(16)8-15)18-12-5-3-2-4-11(12)14/h2-5,9-10,16H,6-8H2,1H3/t9?,10-/m0/s1. The Morgan fingerprint density at radius 2 is 2.28 bits per heavy atom. The summed E-state index contributed by atoms with van der Waals surface area (Å²) in [4.78, 5) is 13.5. The average molecular weight is 253 g/mol. The third-order valence-corrected chi connectivity index (χ3v) is 2.96. The number of halogens is 1. The van der Waals surface area contributed by atoms with Crippen molar-refractivity contribution in [3.8, 4) is 5.75 Å². The second-order valence-electron chi connectivity index (χ2n) is 4.42. The van der Waals surface area contributed by atoms with Crippen molar-refractivity contribution in [2.45, 2.75) is 25.6 Å². The summed E-state index contributed by atoms with van der Waals surface area (Å²) in [6, 6.07) is 5.98. The number of amides is 1. The second kappa shape index (κ2) is 5.35. The van der Waals surface area contributed by atoms with Crippen LogP contribution in [-0.4, -0.2) is 41.2 Å². The van der Waals surface area contributed by atoms with Crippen molar-refractivity contribution in [3.63, 3.8) is 0 Å². The number of benzene rings is 1. The molecule has 1 fully saturated rings. The van der Waals surface area contributed by atoms with Gasteiger partial charge in [0.1, 0.15) is 0 Å². The molecule has 0 radical (unpaired) electrons. The zero-order chi connectivity index (χ0) is 13.1. The number of likely N-dealkylation sites (tertiary alicyclic amines) is 1. The largest absolute Gasteiger partial charge is 0.478 e. The first-order valence-corrected chi connectivity index (χ1v) is 5.96. The van der Waals surface area contributed by atoms with Gasteiger partial charge in [-0.2, -0.15) is 0 Å². The van der Waals surface area contributed by atoms with Crippen molar-refractivity contribution in [1.82, 2.24) is 4.90 Å². The summed E-state index contributed by atoms with van der Waals surface area (Å²) in [5.74, 6) is -0.647. The highest BCUT2D eigenvalue weighted by atomic mass is 19.1. The van der Waals surface area contributed by atoms with E-state index >= 15 is 0 Å². The third-order valence-electron chi connectivity index (χ3n) is 2.96. The van der Waals surface area contributed by atoms with Crippen molar-refractivity contribution in [2.75, 3.05) is 13.1 Å². The van der Waals surface area contributed by atoms with Gasteiger partial charge in [-0.3, -0.25) is 4.79 Å². The van der Waals surface area contributed by atoms with E-state index in [0.717, 1.165) is 0 Å². The lowest BCUT2D eigenvalue weighted by atomic mass is 10.3. The van der Waals surface area contributed by atoms with E-state index in [1.54, 1.807) is 19.1 Å². The van der Waals surface area contributed by atoms with E-state index in [4.69, 9.17) is 4.74 Å². The molecule has 1 aromatic carbocycles. The molecule has 1 aliphatic heterocycles. The van der Waals surface area contributed by atoms with Crippen LogP contribution < -0.4 is 4.74 Å². The molecular formula is C13H16FNO3. The van der Waals surface area contributed by atoms with Gasteiger partial charge in [0.25, 0.3) is 5.91 Å². The topological polar surface area (TPSA) is 49.8 Å². The molecule has 0 bridgehead atoms. The van der Waals surface area contributed by atoms with Gasteiger partial charge in [-0.05, 0) is 25.5 Å². The summed E-state index contributed by atoms with van der Waals surface area (Å²) in [5, 5.41) is 9.37. The summed E-state index contributed by atoms with van der Waals surface area (Å²) in [6.07, 6.45) is -0.639. The summed E-state index contributed by atoms with van der Waals surface area (Å²) < 4.78 is 18.7. The highest BCUT2D eigenvalue weighted by Gasteiger charge is 2.29. The lowest BCUT2D eigenvalue weighted by molar-refractivity contribution is -0.137. The van der Waals surface area contributed by atoms with E-state index in [0.29, 0.717) is 19.5 Å². The number of rotatable bonds is 3. The lowest BCUT2D eigenvalue weighted by Gasteiger charge is -2.21. The molecule has 1 heterocycles. The highest BCUT2D eigenvalue weighted by Crippen LogP contribution is 2.18. The number of β-amino-alcohol motifs (C(OH)–C–C–N with tert-alkyl or cyclic N) is 1. The maximum atomic E-state index is 13.4. The van der Waals surface area contributed by atoms with Crippen LogP contribution in [0.25, 0.3) is 0 Å². The molecule has 0 spiro atoms. The van der Waals surface area contributed by atoms with Crippen LogP contribution in [0.4, 0.5) is 4.39 Å². The molecule has 1 amide bonds. The molecule has 5 heteroatoms. The van der Waals surface area contributed by atoms with Gasteiger partial charge >= 0.3 is 0 Å². The summed E-state index contributed by atoms with van der Waals surface area (Å²) >= 11 is 0. The zero-order valence-corrected chi connectivity index (χ0v) is 10.2. The molecule has 0 aliphatic carbocycles. The van der Waals surface area contributed by atoms with Crippen molar-refractivity contribution < 1.29 is 19.0 Å². The first-order chi connectivity index (χ1) is 8.58. The molecule has 1 N–H and O–H groups in total. The number of hydrogen-bond donors (Lipinski definition) is 1. The average Bonchev–Trinajstić information content (AvgIpc) is 2.78. The molecule has 98 valence electrons. The third kappa shape index (κ3) is 2.79. The molecule has 2 atom stereocenters. The van der Waals surface area contributed by atoms with E-state index in [-0.39, 0.29) is 11.7 Å². The van der Waals surface area contributed by atoms with Gasteiger partial charge in [-0.25, -0.2) is 4.39 Å². The minimum Gasteiger partial charge on any atom is -0.478 e. The fourth-order valence-corrected chi connectivity index (χ4v) is 1.98. The number of aliphatic hydroxyl groups excluding tert-OH is 1. The van der Waals surface area contributed by atoms with Crippen LogP contribution in [0.15, 0.2) is 24.3 Å². The van der Waals surface area contributed by atoms with Gasteiger partial charge in [-0.1, -0.05) is 12.1 Å². The Morgan fingerprint density at radius 3 is 2.89 bits per heavy atom. The lowest BCUT2D eigenvalue weighted by Crippen LogP contribution is -2.39. The molecule has 0 saturated carbocycles. The number of para-hydroxylation sites is 1. The number of carbonyl (C=O) groups excluding carboxylic acids is 1. The Bertz CT molecular complexity index is 438. The van der Waals surface area contributed by atoms with Gasteiger partial charge < -0.3 is 14.7 Å². The first kappa shape index (κ1) is 12.8. The van der Waals surface area contributed by atoms with Crippen molar-refractivity contribution in [1.29, 1.82) is 0 Å². The van der Waals surface area contributed by atoms with E-state index in [1.807, 2.05) is 0 Å². The van der Waals surface area contributed by atoms with Gasteiger partial charge in [0.05, 0.1) is 6.10 Å². The van der Waals surface area contributed by atoms with Crippen LogP contribution in [0.3, 0.4) is 0 Å². The van der Waals surface area contributed by atoms with E-state index in [1.165, 1.54) is 17.0 Å². The van der Waals surface area contributed by atoms with E-state index in [2.05, 4.69) is 0 Å². The Balaban J connectivity index is 1.98. The van der Waals surface area contributed by atoms with Crippen LogP contribution in [0.1, 0.15) is 13.3 Å². The monoisotopic (exact) mass is 253 g/mol. The molecule has 1 saturated heterocycles. The Morgan fingerprint density at radius 1 is 1.56 bits per heavy atom. The van der Waals surface area contributed by atoms with Crippen LogP contribution in [0, 0.1) is 5.82 Å². The van der Waals surface area contributed by atoms with E-state index < -0.39 is 18.0 Å². The predicted octanol–water partition coefficient (Wildman–Crippen LogP) is 1.19. The molecular weight excluding hydrogens is 237 g/mol. The summed E-state index contributed by atoms with van der Waals surface area (Å²) in [5.41, 5.74) is 0. The van der Waals surface area contributed by atoms with Crippen LogP contribution in [0.5, 0.6) is 5.75 Å². The Hall–Kier alpha value is -1.62. The van der Waals surface area contributed by atoms with E-state index in [9.17, 15) is 14.3 Å². The Labute approximate surface area is 105 Å². The normalized spacial score (nSPS) is 20.8. The fraction of sp³-hybridized carbons (Fsp3) is 0.462. The molecule has 4 nitrogen and oxygen atoms in total. The van der Waals surface area contributed by atoms with Gasteiger partial charge in [0.15, 0.2) is 17.7 Å². The van der Waals surface area contributed by atoms with Crippen molar-refractivity contribution in [2.24, 2.45) is 0 Å². The molecule has 1 unspecified atom stereocenters. The number of carbonyl (C=O) groups is 1. The summed E-state index contributed by atoms with van der Waals surface area (Å²) in [7, 11) is 0. The molecule has 2 rings (SSSR count). The minimum atomic E-state index is -0.757. The molecule has 18 heavy (non-hydrogen) atoms. The SMILES string of the molecule is CC(Oc1ccccc1F)C(=O)N1CC[C@H](O)C1. The van der Waals surface area contributed by atoms with Gasteiger partial charge in [0.2, 0.25) is 0 Å². The number of nitrogens with zero attached hydrogens (tertiary/aromatic N) is 1. The number of aliphatic hydroxyl groups is 1. The number of ether oxygens (including phenoxy) is 1.